The molecular formula is C22H27N3O. The maximum Gasteiger partial charge on any atom is 0.0845 e. The second-order valence-electron chi connectivity index (χ2n) is 8.17. The van der Waals surface area contributed by atoms with Gasteiger partial charge >= 0.3 is 0 Å². The molecule has 0 amide bonds. The van der Waals surface area contributed by atoms with Gasteiger partial charge in [0.2, 0.25) is 0 Å². The largest absolute Gasteiger partial charge is 0.390 e. The van der Waals surface area contributed by atoms with Crippen molar-refractivity contribution in [3.8, 4) is 0 Å². The quantitative estimate of drug-likeness (QED) is 0.745. The van der Waals surface area contributed by atoms with Gasteiger partial charge in [0, 0.05) is 41.4 Å². The minimum Gasteiger partial charge on any atom is -0.390 e. The monoisotopic (exact) mass is 349 g/mol. The number of fused-ring (bicyclic) bond motifs is 4. The summed E-state index contributed by atoms with van der Waals surface area (Å²) in [5.74, 6) is 2.28. The van der Waals surface area contributed by atoms with Crippen molar-refractivity contribution in [1.29, 1.82) is 0 Å². The topological polar surface area (TPSA) is 54.4 Å². The lowest BCUT2D eigenvalue weighted by Gasteiger charge is -2.38. The van der Waals surface area contributed by atoms with Crippen molar-refractivity contribution < 1.29 is 5.11 Å². The van der Waals surface area contributed by atoms with E-state index in [2.05, 4.69) is 58.0 Å². The van der Waals surface area contributed by atoms with E-state index in [0.717, 1.165) is 38.0 Å². The van der Waals surface area contributed by atoms with E-state index in [1.54, 1.807) is 0 Å². The van der Waals surface area contributed by atoms with Gasteiger partial charge in [-0.15, -0.1) is 0 Å². The molecule has 3 aromatic rings. The molecule has 1 aromatic heterocycles. The third kappa shape index (κ3) is 2.56. The molecule has 0 spiro atoms. The van der Waals surface area contributed by atoms with Gasteiger partial charge in [0.05, 0.1) is 12.6 Å². The fourth-order valence-electron chi connectivity index (χ4n) is 5.33. The number of rotatable bonds is 5. The predicted molar refractivity (Wildman–Crippen MR) is 106 cm³/mol. The van der Waals surface area contributed by atoms with Crippen molar-refractivity contribution in [2.24, 2.45) is 23.5 Å². The summed E-state index contributed by atoms with van der Waals surface area (Å²) in [6, 6.07) is 17.0. The van der Waals surface area contributed by atoms with Crippen LogP contribution in [0.2, 0.25) is 0 Å². The molecule has 5 rings (SSSR count). The second kappa shape index (κ2) is 6.38. The molecule has 2 aromatic carbocycles. The predicted octanol–water partition coefficient (Wildman–Crippen LogP) is 2.68. The number of β-amino-alcohol motifs (C(OH)–C–C–N with tert-alkyl or cyclic N) is 1. The highest BCUT2D eigenvalue weighted by molar-refractivity contribution is 6.07. The number of hydrogen-bond donors (Lipinski definition) is 2. The fourth-order valence-corrected chi connectivity index (χ4v) is 5.33. The second-order valence-corrected chi connectivity index (χ2v) is 8.17. The Kier molecular flexibility index (Phi) is 4.00. The van der Waals surface area contributed by atoms with Gasteiger partial charge in [-0.25, -0.2) is 0 Å². The number of nitrogens with two attached hydrogens (primary N) is 1. The Morgan fingerprint density at radius 2 is 1.62 bits per heavy atom. The number of aliphatic hydroxyl groups excluding tert-OH is 1. The van der Waals surface area contributed by atoms with Crippen LogP contribution in [0.5, 0.6) is 0 Å². The minimum atomic E-state index is -0.358. The van der Waals surface area contributed by atoms with Crippen LogP contribution in [0, 0.1) is 17.8 Å². The van der Waals surface area contributed by atoms with E-state index in [-0.39, 0.29) is 6.10 Å². The van der Waals surface area contributed by atoms with Gasteiger partial charge in [0.15, 0.2) is 0 Å². The van der Waals surface area contributed by atoms with Gasteiger partial charge in [0.1, 0.15) is 0 Å². The number of nitrogens with zero attached hydrogens (tertiary/aromatic N) is 2. The van der Waals surface area contributed by atoms with Crippen LogP contribution in [0.15, 0.2) is 48.5 Å². The first-order chi connectivity index (χ1) is 12.7. The maximum atomic E-state index is 10.8. The molecule has 4 atom stereocenters. The Morgan fingerprint density at radius 1 is 0.962 bits per heavy atom. The van der Waals surface area contributed by atoms with Crippen molar-refractivity contribution in [3.05, 3.63) is 48.5 Å². The summed E-state index contributed by atoms with van der Waals surface area (Å²) in [6.07, 6.45) is 0.920. The molecule has 0 bridgehead atoms. The molecule has 1 aliphatic carbocycles. The average Bonchev–Trinajstić information content (AvgIpc) is 3.13. The van der Waals surface area contributed by atoms with Crippen LogP contribution in [-0.4, -0.2) is 46.9 Å². The van der Waals surface area contributed by atoms with Gasteiger partial charge in [-0.3, -0.25) is 0 Å². The van der Waals surface area contributed by atoms with Crippen molar-refractivity contribution >= 4 is 21.8 Å². The summed E-state index contributed by atoms with van der Waals surface area (Å²) in [5.41, 5.74) is 8.27. The van der Waals surface area contributed by atoms with Crippen LogP contribution >= 0.6 is 0 Å². The van der Waals surface area contributed by atoms with Crippen LogP contribution in [0.4, 0.5) is 0 Å². The zero-order chi connectivity index (χ0) is 17.7. The highest BCUT2D eigenvalue weighted by Crippen LogP contribution is 2.45. The molecule has 2 aliphatic rings. The van der Waals surface area contributed by atoms with Gasteiger partial charge in [-0.05, 0) is 42.9 Å². The van der Waals surface area contributed by atoms with E-state index >= 15 is 0 Å². The van der Waals surface area contributed by atoms with E-state index in [1.807, 2.05) is 0 Å². The Bertz CT molecular complexity index is 880. The van der Waals surface area contributed by atoms with Crippen LogP contribution in [0.3, 0.4) is 0 Å². The highest BCUT2D eigenvalue weighted by Gasteiger charge is 2.46. The van der Waals surface area contributed by atoms with E-state index in [1.165, 1.54) is 28.2 Å². The Hall–Kier alpha value is -1.88. The Balaban J connectivity index is 1.36. The van der Waals surface area contributed by atoms with Crippen molar-refractivity contribution in [2.45, 2.75) is 19.1 Å². The van der Waals surface area contributed by atoms with Crippen molar-refractivity contribution in [1.82, 2.24) is 9.47 Å². The lowest BCUT2D eigenvalue weighted by molar-refractivity contribution is 0.109. The molecule has 136 valence electrons. The lowest BCUT2D eigenvalue weighted by atomic mass is 9.67. The smallest absolute Gasteiger partial charge is 0.0845 e. The zero-order valence-electron chi connectivity index (χ0n) is 15.1. The molecule has 1 saturated heterocycles. The summed E-state index contributed by atoms with van der Waals surface area (Å²) in [7, 11) is 0. The molecule has 2 fully saturated rings. The molecule has 26 heavy (non-hydrogen) atoms. The molecule has 4 nitrogen and oxygen atoms in total. The molecule has 1 saturated carbocycles. The molecule has 2 heterocycles. The van der Waals surface area contributed by atoms with Gasteiger partial charge in [-0.2, -0.15) is 0 Å². The van der Waals surface area contributed by atoms with Gasteiger partial charge in [0.25, 0.3) is 0 Å². The third-order valence-corrected chi connectivity index (χ3v) is 6.62. The molecular weight excluding hydrogens is 322 g/mol. The zero-order valence-corrected chi connectivity index (χ0v) is 15.1. The van der Waals surface area contributed by atoms with Crippen molar-refractivity contribution in [2.75, 3.05) is 26.2 Å². The van der Waals surface area contributed by atoms with Crippen molar-refractivity contribution in [3.63, 3.8) is 0 Å². The Labute approximate surface area is 154 Å². The normalized spacial score (nSPS) is 26.9. The summed E-state index contributed by atoms with van der Waals surface area (Å²) in [6.45, 7) is 4.45. The fraction of sp³-hybridized carbons (Fsp3) is 0.455. The lowest BCUT2D eigenvalue weighted by Crippen LogP contribution is -2.40. The summed E-state index contributed by atoms with van der Waals surface area (Å²) >= 11 is 0. The van der Waals surface area contributed by atoms with Crippen LogP contribution in [0.25, 0.3) is 21.8 Å². The standard InChI is InChI=1S/C22H27N3O/c23-10-15-9-16-11-24(14-20(15)16)12-17(26)13-25-21-7-3-1-5-18(21)19-6-2-4-8-22(19)25/h1-8,15-17,20,26H,9-14,23H2/t15-,16-,17?,20-/m0/s1. The number of para-hydroxylation sites is 2. The average molecular weight is 349 g/mol. The first-order valence-corrected chi connectivity index (χ1v) is 9.81. The SMILES string of the molecule is NC[C@@H]1C[C@H]2CN(CC(O)Cn3c4ccccc4c4ccccc43)C[C@@H]12. The third-order valence-electron chi connectivity index (χ3n) is 6.62. The Morgan fingerprint density at radius 3 is 2.27 bits per heavy atom. The van der Waals surface area contributed by atoms with Crippen LogP contribution in [0.1, 0.15) is 6.42 Å². The number of aliphatic hydroxyl groups is 1. The first-order valence-electron chi connectivity index (χ1n) is 9.81. The van der Waals surface area contributed by atoms with E-state index in [0.29, 0.717) is 12.5 Å². The number of aromatic nitrogens is 1. The molecule has 1 aliphatic heterocycles. The van der Waals surface area contributed by atoms with E-state index < -0.39 is 0 Å². The van der Waals surface area contributed by atoms with Crippen LogP contribution in [-0.2, 0) is 6.54 Å². The summed E-state index contributed by atoms with van der Waals surface area (Å²) < 4.78 is 2.28. The van der Waals surface area contributed by atoms with E-state index in [4.69, 9.17) is 5.73 Å². The molecule has 3 N–H and O–H groups in total. The first kappa shape index (κ1) is 16.3. The summed E-state index contributed by atoms with van der Waals surface area (Å²) in [5, 5.41) is 13.4. The van der Waals surface area contributed by atoms with Gasteiger partial charge < -0.3 is 20.3 Å². The highest BCUT2D eigenvalue weighted by atomic mass is 16.3. The minimum absolute atomic E-state index is 0.358. The number of hydrogen-bond acceptors (Lipinski definition) is 3. The van der Waals surface area contributed by atoms with Gasteiger partial charge in [-0.1, -0.05) is 36.4 Å². The van der Waals surface area contributed by atoms with E-state index in [9.17, 15) is 5.11 Å². The van der Waals surface area contributed by atoms with Crippen LogP contribution < -0.4 is 5.73 Å². The molecule has 4 heteroatoms. The molecule has 0 radical (unpaired) electrons. The molecule has 1 unspecified atom stereocenters. The summed E-state index contributed by atoms with van der Waals surface area (Å²) in [4.78, 5) is 2.45. The maximum absolute atomic E-state index is 10.8. The number of benzene rings is 2. The number of likely N-dealkylation sites (tertiary alicyclic amines) is 1.